The van der Waals surface area contributed by atoms with Gasteiger partial charge in [-0.3, -0.25) is 10.4 Å². The minimum Gasteiger partial charge on any atom is -0.505 e. The van der Waals surface area contributed by atoms with E-state index >= 15 is 0 Å². The number of hydrogen-bond acceptors (Lipinski definition) is 6. The van der Waals surface area contributed by atoms with Crippen molar-refractivity contribution in [2.75, 3.05) is 0 Å². The molecule has 1 atom stereocenters. The maximum absolute atomic E-state index is 11.6. The molecule has 0 aliphatic heterocycles. The van der Waals surface area contributed by atoms with Crippen molar-refractivity contribution in [2.45, 2.75) is 39.5 Å². The molecule has 9 heteroatoms. The lowest BCUT2D eigenvalue weighted by Gasteiger charge is -2.20. The number of aliphatic hydroxyl groups excluding tert-OH is 1. The first-order chi connectivity index (χ1) is 29.7. The minimum absolute atomic E-state index is 0.0402. The van der Waals surface area contributed by atoms with Crippen molar-refractivity contribution in [3.63, 3.8) is 0 Å². The zero-order valence-electron chi connectivity index (χ0n) is 33.7. The summed E-state index contributed by atoms with van der Waals surface area (Å²) in [7, 11) is 0. The minimum atomic E-state index is -0.544. The van der Waals surface area contributed by atoms with Crippen LogP contribution >= 0.6 is 0 Å². The number of rotatable bonds is 8. The molecule has 1 aliphatic rings. The number of aliphatic hydroxyl groups is 1. The summed E-state index contributed by atoms with van der Waals surface area (Å²) in [5.74, 6) is -0.967. The average Bonchev–Trinajstić information content (AvgIpc) is 3.82. The number of nitrogens with zero attached hydrogens (tertiary/aromatic N) is 3. The van der Waals surface area contributed by atoms with Gasteiger partial charge in [0.15, 0.2) is 11.5 Å². The summed E-state index contributed by atoms with van der Waals surface area (Å²) in [6, 6.07) is 48.7. The molecule has 1 aliphatic carbocycles. The van der Waals surface area contributed by atoms with Crippen LogP contribution in [0.4, 0.5) is 0 Å². The Morgan fingerprint density at radius 3 is 2.13 bits per heavy atom. The van der Waals surface area contributed by atoms with Crippen LogP contribution in [-0.2, 0) is 19.4 Å². The van der Waals surface area contributed by atoms with E-state index in [2.05, 4.69) is 52.3 Å². The number of benzene rings is 7. The molecule has 2 heterocycles. The highest BCUT2D eigenvalue weighted by Crippen LogP contribution is 2.50. The Morgan fingerprint density at radius 1 is 0.689 bits per heavy atom. The molecular formula is C52H43N5O4. The van der Waals surface area contributed by atoms with Gasteiger partial charge in [-0.15, -0.1) is 0 Å². The normalized spacial score (nSPS) is 13.1. The molecule has 0 amide bonds. The summed E-state index contributed by atoms with van der Waals surface area (Å²) in [6.07, 6.45) is 1.19. The van der Waals surface area contributed by atoms with E-state index in [1.54, 1.807) is 11.5 Å². The van der Waals surface area contributed by atoms with Gasteiger partial charge in [-0.05, 0) is 85.3 Å². The van der Waals surface area contributed by atoms with Crippen molar-refractivity contribution in [3.05, 3.63) is 185 Å². The van der Waals surface area contributed by atoms with Gasteiger partial charge in [-0.1, -0.05) is 109 Å². The molecule has 2 aromatic heterocycles. The van der Waals surface area contributed by atoms with Gasteiger partial charge < -0.3 is 34.9 Å². The molecule has 61 heavy (non-hydrogen) atoms. The van der Waals surface area contributed by atoms with Gasteiger partial charge in [0.1, 0.15) is 23.4 Å². The zero-order valence-corrected chi connectivity index (χ0v) is 33.7. The van der Waals surface area contributed by atoms with Crippen molar-refractivity contribution in [3.8, 4) is 39.8 Å². The third-order valence-electron chi connectivity index (χ3n) is 12.3. The molecule has 0 spiro atoms. The van der Waals surface area contributed by atoms with Crippen LogP contribution in [0.3, 0.4) is 0 Å². The topological polar surface area (TPSA) is 139 Å². The maximum Gasteiger partial charge on any atom is 0.186 e. The van der Waals surface area contributed by atoms with Crippen molar-refractivity contribution in [1.29, 1.82) is 5.41 Å². The number of fused-ring (bicyclic) bond motifs is 9. The van der Waals surface area contributed by atoms with Gasteiger partial charge >= 0.3 is 0 Å². The van der Waals surface area contributed by atoms with Gasteiger partial charge in [0.2, 0.25) is 0 Å². The number of nitrogens with one attached hydrogen (secondary N) is 2. The Balaban J connectivity index is 1.15. The molecular weight excluding hydrogens is 759 g/mol. The highest BCUT2D eigenvalue weighted by Gasteiger charge is 2.30. The van der Waals surface area contributed by atoms with E-state index in [0.717, 1.165) is 73.6 Å². The summed E-state index contributed by atoms with van der Waals surface area (Å²) in [6.45, 7) is 3.06. The number of para-hydroxylation sites is 1. The summed E-state index contributed by atoms with van der Waals surface area (Å²) >= 11 is 0. The first-order valence-electron chi connectivity index (χ1n) is 20.4. The lowest BCUT2D eigenvalue weighted by molar-refractivity contribution is 0.270. The molecule has 9 aromatic rings. The third kappa shape index (κ3) is 6.04. The highest BCUT2D eigenvalue weighted by molar-refractivity contribution is 6.23. The molecule has 6 N–H and O–H groups in total. The van der Waals surface area contributed by atoms with Crippen LogP contribution in [-0.4, -0.2) is 41.1 Å². The number of phenols is 3. The fourth-order valence-corrected chi connectivity index (χ4v) is 9.22. The van der Waals surface area contributed by atoms with Crippen LogP contribution in [0.2, 0.25) is 0 Å². The largest absolute Gasteiger partial charge is 0.505 e. The Bertz CT molecular complexity index is 3190. The van der Waals surface area contributed by atoms with Crippen LogP contribution in [0.15, 0.2) is 151 Å². The van der Waals surface area contributed by atoms with E-state index in [0.29, 0.717) is 5.56 Å². The van der Waals surface area contributed by atoms with E-state index in [1.165, 1.54) is 16.8 Å². The second kappa shape index (κ2) is 14.9. The van der Waals surface area contributed by atoms with E-state index < -0.39 is 24.3 Å². The maximum atomic E-state index is 11.6. The van der Waals surface area contributed by atoms with Crippen molar-refractivity contribution in [2.24, 2.45) is 4.99 Å². The fraction of sp³-hybridized carbons (Fsp3) is 0.115. The quantitative estimate of drug-likeness (QED) is 0.0393. The average molecular weight is 802 g/mol. The number of amidine groups is 1. The number of hydrogen-bond donors (Lipinski definition) is 6. The number of aromatic nitrogens is 2. The molecule has 9 nitrogen and oxygen atoms in total. The van der Waals surface area contributed by atoms with E-state index in [1.807, 2.05) is 110 Å². The molecule has 7 aromatic carbocycles. The number of aromatic hydroxyl groups is 3. The zero-order chi connectivity index (χ0) is 41.9. The third-order valence-corrected chi connectivity index (χ3v) is 12.3. The van der Waals surface area contributed by atoms with Gasteiger partial charge in [0, 0.05) is 55.5 Å². The van der Waals surface area contributed by atoms with Crippen LogP contribution < -0.4 is 5.32 Å². The Hall–Kier alpha value is -7.62. The van der Waals surface area contributed by atoms with E-state index in [4.69, 9.17) is 4.99 Å². The summed E-state index contributed by atoms with van der Waals surface area (Å²) in [5, 5.41) is 59.8. The summed E-state index contributed by atoms with van der Waals surface area (Å²) in [4.78, 5) is 5.05. The standard InChI is InChI=1S/C52H43N5O4/c1-30-40(29-58)49(60)50(61)47(48(30)59)57-41-20-12-11-19-38(41)45-43(57)28-26-39-44-37-18-10-9-15-33(37)23-27-42(44)56(46(39)45)36-24-21-34(22-25-36)51(53)55-52(35-16-7-4-8-17-35)54-31(2)32-13-5-3-6-14-32/h3-22,24-26,28,52,58-61H,23,27,29H2,1-2H3,(H2,53,55)/b54-31+. The van der Waals surface area contributed by atoms with Crippen LogP contribution in [0.5, 0.6) is 17.2 Å². The molecule has 10 rings (SSSR count). The Morgan fingerprint density at radius 2 is 1.38 bits per heavy atom. The van der Waals surface area contributed by atoms with Crippen molar-refractivity contribution >= 4 is 44.3 Å². The SMILES string of the molecule is C/C(=N\C(NC(=N)c1ccc(-n2c3c(c4ccc5c(c6ccccc6n5-c5c(O)c(C)c(CO)c(O)c5O)c42)-c2ccccc2CC3)cc1)c1ccccc1)c1ccccc1. The number of phenolic OH excluding ortho intramolecular Hbond substituents is 2. The molecule has 0 saturated heterocycles. The molecule has 0 fully saturated rings. The fourth-order valence-electron chi connectivity index (χ4n) is 9.22. The van der Waals surface area contributed by atoms with Crippen LogP contribution in [0.25, 0.3) is 55.2 Å². The predicted molar refractivity (Wildman–Crippen MR) is 244 cm³/mol. The number of aliphatic imine (C=N–C) groups is 1. The lowest BCUT2D eigenvalue weighted by Crippen LogP contribution is -2.28. The summed E-state index contributed by atoms with van der Waals surface area (Å²) < 4.78 is 4.13. The molecule has 0 bridgehead atoms. The first kappa shape index (κ1) is 37.6. The molecule has 1 unspecified atom stereocenters. The second-order valence-electron chi connectivity index (χ2n) is 15.6. The monoisotopic (exact) mass is 801 g/mol. The van der Waals surface area contributed by atoms with Crippen molar-refractivity contribution in [1.82, 2.24) is 14.5 Å². The molecule has 0 radical (unpaired) electrons. The smallest absolute Gasteiger partial charge is 0.186 e. The van der Waals surface area contributed by atoms with Crippen LogP contribution in [0, 0.1) is 12.3 Å². The van der Waals surface area contributed by atoms with Gasteiger partial charge in [-0.25, -0.2) is 0 Å². The molecule has 300 valence electrons. The van der Waals surface area contributed by atoms with Gasteiger partial charge in [0.25, 0.3) is 0 Å². The highest BCUT2D eigenvalue weighted by atomic mass is 16.3. The van der Waals surface area contributed by atoms with Crippen LogP contribution in [0.1, 0.15) is 52.2 Å². The van der Waals surface area contributed by atoms with E-state index in [9.17, 15) is 25.8 Å². The lowest BCUT2D eigenvalue weighted by atomic mass is 9.88. The summed E-state index contributed by atoms with van der Waals surface area (Å²) in [5.41, 5.74) is 12.1. The predicted octanol–water partition coefficient (Wildman–Crippen LogP) is 10.5. The van der Waals surface area contributed by atoms with Crippen molar-refractivity contribution < 1.29 is 20.4 Å². The Labute approximate surface area is 352 Å². The second-order valence-corrected chi connectivity index (χ2v) is 15.6. The number of aryl methyl sites for hydroxylation is 1. The van der Waals surface area contributed by atoms with Gasteiger partial charge in [-0.2, -0.15) is 0 Å². The van der Waals surface area contributed by atoms with E-state index in [-0.39, 0.29) is 28.4 Å². The Kier molecular flexibility index (Phi) is 9.18. The first-order valence-corrected chi connectivity index (χ1v) is 20.4. The molecule has 0 saturated carbocycles. The van der Waals surface area contributed by atoms with Gasteiger partial charge in [0.05, 0.1) is 23.2 Å².